The van der Waals surface area contributed by atoms with E-state index in [-0.39, 0.29) is 17.7 Å². The molecule has 0 fully saturated rings. The zero-order chi connectivity index (χ0) is 24.9. The molecule has 7 nitrogen and oxygen atoms in total. The normalized spacial score (nSPS) is 14.8. The Morgan fingerprint density at radius 1 is 1.08 bits per heavy atom. The zero-order valence-corrected chi connectivity index (χ0v) is 21.3. The van der Waals surface area contributed by atoms with Crippen molar-refractivity contribution in [2.24, 2.45) is 0 Å². The van der Waals surface area contributed by atoms with Gasteiger partial charge in [0.25, 0.3) is 0 Å². The van der Waals surface area contributed by atoms with E-state index >= 15 is 0 Å². The SMILES string of the molecule is CCOc1ccc(-n2c(SCC(=O)N(C)[C@H]3CCCc4ccccc43)nnc2-c2ccncc2)cc1. The highest BCUT2D eigenvalue weighted by molar-refractivity contribution is 7.99. The van der Waals surface area contributed by atoms with Crippen molar-refractivity contribution in [3.05, 3.63) is 84.2 Å². The third-order valence-corrected chi connectivity index (χ3v) is 7.41. The smallest absolute Gasteiger partial charge is 0.233 e. The van der Waals surface area contributed by atoms with Gasteiger partial charge in [0.15, 0.2) is 11.0 Å². The van der Waals surface area contributed by atoms with E-state index in [9.17, 15) is 4.79 Å². The summed E-state index contributed by atoms with van der Waals surface area (Å²) in [5.74, 6) is 1.86. The van der Waals surface area contributed by atoms with Gasteiger partial charge in [0.05, 0.1) is 18.4 Å². The maximum absolute atomic E-state index is 13.3. The molecule has 184 valence electrons. The van der Waals surface area contributed by atoms with E-state index in [1.165, 1.54) is 22.9 Å². The Balaban J connectivity index is 1.39. The summed E-state index contributed by atoms with van der Waals surface area (Å²) in [5, 5.41) is 9.60. The van der Waals surface area contributed by atoms with Crippen LogP contribution in [0.1, 0.15) is 36.9 Å². The molecule has 0 saturated carbocycles. The summed E-state index contributed by atoms with van der Waals surface area (Å²) < 4.78 is 7.59. The molecular formula is C28H29N5O2S. The number of hydrogen-bond donors (Lipinski definition) is 0. The molecule has 8 heteroatoms. The second-order valence-electron chi connectivity index (χ2n) is 8.70. The Morgan fingerprint density at radius 2 is 1.86 bits per heavy atom. The minimum absolute atomic E-state index is 0.0772. The summed E-state index contributed by atoms with van der Waals surface area (Å²) in [5.41, 5.74) is 4.42. The lowest BCUT2D eigenvalue weighted by Crippen LogP contribution is -2.34. The van der Waals surface area contributed by atoms with Crippen molar-refractivity contribution >= 4 is 17.7 Å². The predicted molar refractivity (Wildman–Crippen MR) is 141 cm³/mol. The van der Waals surface area contributed by atoms with Gasteiger partial charge in [-0.15, -0.1) is 10.2 Å². The van der Waals surface area contributed by atoms with Crippen molar-refractivity contribution in [2.75, 3.05) is 19.4 Å². The molecule has 0 aliphatic heterocycles. The molecular weight excluding hydrogens is 470 g/mol. The van der Waals surface area contributed by atoms with E-state index in [0.717, 1.165) is 36.3 Å². The van der Waals surface area contributed by atoms with Crippen LogP contribution in [-0.2, 0) is 11.2 Å². The quantitative estimate of drug-likeness (QED) is 0.304. The molecule has 2 heterocycles. The fraction of sp³-hybridized carbons (Fsp3) is 0.286. The topological polar surface area (TPSA) is 73.1 Å². The number of benzene rings is 2. The van der Waals surface area contributed by atoms with Crippen LogP contribution < -0.4 is 4.74 Å². The number of thioether (sulfide) groups is 1. The first-order valence-electron chi connectivity index (χ1n) is 12.2. The summed E-state index contributed by atoms with van der Waals surface area (Å²) in [6.07, 6.45) is 6.62. The van der Waals surface area contributed by atoms with Gasteiger partial charge in [0.1, 0.15) is 5.75 Å². The Hall–Kier alpha value is -3.65. The number of carbonyl (C=O) groups is 1. The number of ether oxygens (including phenoxy) is 1. The van der Waals surface area contributed by atoms with Crippen LogP contribution in [0.2, 0.25) is 0 Å². The zero-order valence-electron chi connectivity index (χ0n) is 20.5. The van der Waals surface area contributed by atoms with Gasteiger partial charge in [-0.1, -0.05) is 36.0 Å². The molecule has 0 saturated heterocycles. The number of amides is 1. The van der Waals surface area contributed by atoms with Gasteiger partial charge in [0.2, 0.25) is 5.91 Å². The number of fused-ring (bicyclic) bond motifs is 1. The first-order chi connectivity index (χ1) is 17.7. The van der Waals surface area contributed by atoms with Gasteiger partial charge in [-0.05, 0) is 73.7 Å². The second kappa shape index (κ2) is 11.0. The molecule has 5 rings (SSSR count). The Labute approximate surface area is 215 Å². The highest BCUT2D eigenvalue weighted by Crippen LogP contribution is 2.34. The van der Waals surface area contributed by atoms with Crippen molar-refractivity contribution in [3.8, 4) is 22.8 Å². The molecule has 36 heavy (non-hydrogen) atoms. The van der Waals surface area contributed by atoms with Crippen LogP contribution in [0.3, 0.4) is 0 Å². The van der Waals surface area contributed by atoms with E-state index in [4.69, 9.17) is 4.74 Å². The summed E-state index contributed by atoms with van der Waals surface area (Å²) in [7, 11) is 1.91. The van der Waals surface area contributed by atoms with Crippen molar-refractivity contribution in [1.82, 2.24) is 24.6 Å². The van der Waals surface area contributed by atoms with Gasteiger partial charge in [-0.2, -0.15) is 0 Å². The molecule has 0 radical (unpaired) electrons. The standard InChI is InChI=1S/C28H29N5O2S/c1-3-35-23-13-11-22(12-14-23)33-27(21-15-17-29-18-16-21)30-31-28(33)36-19-26(34)32(2)25-10-6-8-20-7-4-5-9-24(20)25/h4-5,7,9,11-18,25H,3,6,8,10,19H2,1-2H3/t25-/m0/s1. The van der Waals surface area contributed by atoms with E-state index in [1.807, 2.05) is 59.8 Å². The molecule has 0 unspecified atom stereocenters. The van der Waals surface area contributed by atoms with Gasteiger partial charge >= 0.3 is 0 Å². The third kappa shape index (κ3) is 4.99. The van der Waals surface area contributed by atoms with E-state index in [1.54, 1.807) is 12.4 Å². The van der Waals surface area contributed by atoms with Crippen LogP contribution in [0, 0.1) is 0 Å². The Bertz CT molecular complexity index is 1320. The van der Waals surface area contributed by atoms with Crippen LogP contribution in [-0.4, -0.2) is 50.0 Å². The summed E-state index contributed by atoms with van der Waals surface area (Å²) in [4.78, 5) is 19.3. The highest BCUT2D eigenvalue weighted by atomic mass is 32.2. The van der Waals surface area contributed by atoms with Crippen molar-refractivity contribution in [1.29, 1.82) is 0 Å². The lowest BCUT2D eigenvalue weighted by molar-refractivity contribution is -0.129. The van der Waals surface area contributed by atoms with Crippen LogP contribution in [0.25, 0.3) is 17.1 Å². The summed E-state index contributed by atoms with van der Waals surface area (Å²) in [6, 6.07) is 20.2. The minimum atomic E-state index is 0.0772. The number of aryl methyl sites for hydroxylation is 1. The van der Waals surface area contributed by atoms with E-state index in [2.05, 4.69) is 39.4 Å². The molecule has 2 aromatic heterocycles. The number of carbonyl (C=O) groups excluding carboxylic acids is 1. The van der Waals surface area contributed by atoms with Crippen LogP contribution in [0.15, 0.2) is 78.2 Å². The van der Waals surface area contributed by atoms with Crippen LogP contribution in [0.5, 0.6) is 5.75 Å². The summed E-state index contributed by atoms with van der Waals surface area (Å²) >= 11 is 1.40. The fourth-order valence-electron chi connectivity index (χ4n) is 4.67. The van der Waals surface area contributed by atoms with Gasteiger partial charge < -0.3 is 9.64 Å². The second-order valence-corrected chi connectivity index (χ2v) is 9.65. The molecule has 1 aliphatic carbocycles. The number of aromatic nitrogens is 4. The average Bonchev–Trinajstić information content (AvgIpc) is 3.36. The molecule has 4 aromatic rings. The first-order valence-corrected chi connectivity index (χ1v) is 13.2. The summed E-state index contributed by atoms with van der Waals surface area (Å²) in [6.45, 7) is 2.57. The van der Waals surface area contributed by atoms with Gasteiger partial charge in [-0.25, -0.2) is 0 Å². The Morgan fingerprint density at radius 3 is 2.64 bits per heavy atom. The first kappa shape index (κ1) is 24.1. The number of nitrogens with zero attached hydrogens (tertiary/aromatic N) is 5. The highest BCUT2D eigenvalue weighted by Gasteiger charge is 2.27. The van der Waals surface area contributed by atoms with Gasteiger partial charge in [0, 0.05) is 30.7 Å². The Kier molecular flexibility index (Phi) is 7.32. The monoisotopic (exact) mass is 499 g/mol. The van der Waals surface area contributed by atoms with Crippen molar-refractivity contribution in [2.45, 2.75) is 37.4 Å². The third-order valence-electron chi connectivity index (χ3n) is 6.50. The lowest BCUT2D eigenvalue weighted by atomic mass is 9.87. The molecule has 0 N–H and O–H groups in total. The molecule has 1 amide bonds. The predicted octanol–water partition coefficient (Wildman–Crippen LogP) is 5.36. The maximum atomic E-state index is 13.3. The van der Waals surface area contributed by atoms with Crippen molar-refractivity contribution < 1.29 is 9.53 Å². The lowest BCUT2D eigenvalue weighted by Gasteiger charge is -2.33. The van der Waals surface area contributed by atoms with E-state index in [0.29, 0.717) is 17.6 Å². The van der Waals surface area contributed by atoms with Crippen LogP contribution >= 0.6 is 11.8 Å². The van der Waals surface area contributed by atoms with Crippen molar-refractivity contribution in [3.63, 3.8) is 0 Å². The molecule has 0 bridgehead atoms. The molecule has 0 spiro atoms. The maximum Gasteiger partial charge on any atom is 0.233 e. The fourth-order valence-corrected chi connectivity index (χ4v) is 5.55. The number of rotatable bonds is 8. The minimum Gasteiger partial charge on any atom is -0.494 e. The molecule has 1 aliphatic rings. The number of hydrogen-bond acceptors (Lipinski definition) is 6. The molecule has 1 atom stereocenters. The number of pyridine rings is 1. The molecule has 2 aromatic carbocycles. The largest absolute Gasteiger partial charge is 0.494 e. The average molecular weight is 500 g/mol. The van der Waals surface area contributed by atoms with Gasteiger partial charge in [-0.3, -0.25) is 14.3 Å². The van der Waals surface area contributed by atoms with E-state index < -0.39 is 0 Å². The van der Waals surface area contributed by atoms with Crippen LogP contribution in [0.4, 0.5) is 0 Å².